The van der Waals surface area contributed by atoms with Crippen molar-refractivity contribution in [1.82, 2.24) is 0 Å². The number of hydrogen-bond acceptors (Lipinski definition) is 2. The maximum absolute atomic E-state index is 14.0. The Balaban J connectivity index is 0.00000400. The number of aliphatic hydroxyl groups is 1. The van der Waals surface area contributed by atoms with E-state index >= 15 is 0 Å². The average molecular weight is 350 g/mol. The number of rotatable bonds is 2. The second kappa shape index (κ2) is 6.69. The second-order valence-corrected chi connectivity index (χ2v) is 6.06. The predicted octanol–water partition coefficient (Wildman–Crippen LogP) is 4.33. The molecule has 8 heteroatoms. The molecule has 2 nitrogen and oxygen atoms in total. The number of aliphatic hydroxyl groups excluding tert-OH is 1. The average Bonchev–Trinajstić information content (AvgIpc) is 2.27. The summed E-state index contributed by atoms with van der Waals surface area (Å²) in [5.41, 5.74) is 2.80. The summed E-state index contributed by atoms with van der Waals surface area (Å²) in [5, 5.41) is 9.54. The van der Waals surface area contributed by atoms with Crippen molar-refractivity contribution >= 4 is 24.0 Å². The van der Waals surface area contributed by atoms with E-state index in [-0.39, 0.29) is 12.4 Å². The molecule has 0 aliphatic rings. The first-order valence-corrected chi connectivity index (χ1v) is 6.24. The number of halogens is 6. The molecule has 0 radical (unpaired) electrons. The fourth-order valence-electron chi connectivity index (χ4n) is 1.84. The van der Waals surface area contributed by atoms with Crippen molar-refractivity contribution in [3.05, 3.63) is 34.1 Å². The summed E-state index contributed by atoms with van der Waals surface area (Å²) in [6.45, 7) is 4.77. The Bertz CT molecular complexity index is 500. The molecule has 2 atom stereocenters. The van der Waals surface area contributed by atoms with Gasteiger partial charge in [-0.15, -0.1) is 12.4 Å². The Morgan fingerprint density at radius 3 is 2.05 bits per heavy atom. The van der Waals surface area contributed by atoms with Crippen molar-refractivity contribution in [3.63, 3.8) is 0 Å². The first-order chi connectivity index (χ1) is 8.87. The van der Waals surface area contributed by atoms with Crippen LogP contribution in [0.25, 0.3) is 0 Å². The zero-order valence-corrected chi connectivity index (χ0v) is 13.2. The van der Waals surface area contributed by atoms with Crippen molar-refractivity contribution in [2.24, 2.45) is 11.1 Å². The van der Waals surface area contributed by atoms with Gasteiger partial charge in [0, 0.05) is 5.56 Å². The van der Waals surface area contributed by atoms with E-state index in [4.69, 9.17) is 17.3 Å². The van der Waals surface area contributed by atoms with Gasteiger partial charge in [0.2, 0.25) is 0 Å². The SMILES string of the molecule is CC(C)(C)[C@H](O)[C@H](N)c1c(C(F)(F)F)ccc(Cl)c1F.Cl. The summed E-state index contributed by atoms with van der Waals surface area (Å²) in [6.07, 6.45) is -6.15. The van der Waals surface area contributed by atoms with Crippen LogP contribution in [-0.2, 0) is 6.18 Å². The molecule has 0 amide bonds. The second-order valence-electron chi connectivity index (χ2n) is 5.66. The van der Waals surface area contributed by atoms with Gasteiger partial charge in [-0.1, -0.05) is 32.4 Å². The quantitative estimate of drug-likeness (QED) is 0.780. The van der Waals surface area contributed by atoms with Crippen LogP contribution in [0.5, 0.6) is 0 Å². The van der Waals surface area contributed by atoms with Gasteiger partial charge in [0.05, 0.1) is 22.7 Å². The van der Waals surface area contributed by atoms with Gasteiger partial charge in [-0.2, -0.15) is 13.2 Å². The first-order valence-electron chi connectivity index (χ1n) is 5.86. The molecule has 1 aromatic carbocycles. The van der Waals surface area contributed by atoms with Crippen LogP contribution in [-0.4, -0.2) is 11.2 Å². The van der Waals surface area contributed by atoms with Crippen LogP contribution in [0.3, 0.4) is 0 Å². The third-order valence-electron chi connectivity index (χ3n) is 3.00. The van der Waals surface area contributed by atoms with E-state index in [1.807, 2.05) is 0 Å². The summed E-state index contributed by atoms with van der Waals surface area (Å²) in [6, 6.07) is -0.0552. The normalized spacial score (nSPS) is 15.3. The van der Waals surface area contributed by atoms with Gasteiger partial charge in [-0.3, -0.25) is 0 Å². The maximum atomic E-state index is 14.0. The molecule has 0 saturated carbocycles. The number of nitrogens with two attached hydrogens (primary N) is 1. The molecule has 3 N–H and O–H groups in total. The predicted molar refractivity (Wildman–Crippen MR) is 76.1 cm³/mol. The smallest absolute Gasteiger partial charge is 0.391 e. The molecular weight excluding hydrogens is 333 g/mol. The lowest BCUT2D eigenvalue weighted by Gasteiger charge is -2.32. The third-order valence-corrected chi connectivity index (χ3v) is 3.29. The minimum absolute atomic E-state index is 0. The van der Waals surface area contributed by atoms with E-state index in [9.17, 15) is 22.7 Å². The van der Waals surface area contributed by atoms with Crippen LogP contribution in [0.2, 0.25) is 5.02 Å². The molecule has 0 bridgehead atoms. The fraction of sp³-hybridized carbons (Fsp3) is 0.538. The van der Waals surface area contributed by atoms with Crippen LogP contribution in [0, 0.1) is 11.2 Å². The van der Waals surface area contributed by atoms with Crippen LogP contribution in [0.1, 0.15) is 37.9 Å². The number of benzene rings is 1. The van der Waals surface area contributed by atoms with Gasteiger partial charge in [-0.25, -0.2) is 4.39 Å². The summed E-state index contributed by atoms with van der Waals surface area (Å²) < 4.78 is 52.8. The molecule has 21 heavy (non-hydrogen) atoms. The lowest BCUT2D eigenvalue weighted by Crippen LogP contribution is -2.38. The standard InChI is InChI=1S/C13H16ClF4NO.ClH/c1-12(2,3)11(20)10(19)8-6(13(16,17)18)4-5-7(14)9(8)15;/h4-5,10-11,20H,19H2,1-3H3;1H/t10-,11-;/m1./s1. The van der Waals surface area contributed by atoms with Gasteiger partial charge in [0.15, 0.2) is 0 Å². The molecule has 122 valence electrons. The molecule has 0 aliphatic carbocycles. The summed E-state index contributed by atoms with van der Waals surface area (Å²) in [7, 11) is 0. The topological polar surface area (TPSA) is 46.2 Å². The molecule has 0 heterocycles. The molecule has 0 aliphatic heterocycles. The summed E-state index contributed by atoms with van der Waals surface area (Å²) in [4.78, 5) is 0. The van der Waals surface area contributed by atoms with Crippen LogP contribution >= 0.6 is 24.0 Å². The zero-order valence-electron chi connectivity index (χ0n) is 11.6. The van der Waals surface area contributed by atoms with Crippen molar-refractivity contribution < 1.29 is 22.7 Å². The summed E-state index contributed by atoms with van der Waals surface area (Å²) in [5.74, 6) is -1.25. The van der Waals surface area contributed by atoms with Crippen LogP contribution in [0.15, 0.2) is 12.1 Å². The zero-order chi connectivity index (χ0) is 15.9. The van der Waals surface area contributed by atoms with Crippen molar-refractivity contribution in [2.75, 3.05) is 0 Å². The van der Waals surface area contributed by atoms with E-state index in [1.54, 1.807) is 20.8 Å². The number of alkyl halides is 3. The van der Waals surface area contributed by atoms with Gasteiger partial charge < -0.3 is 10.8 Å². The van der Waals surface area contributed by atoms with Gasteiger partial charge in [0.1, 0.15) is 5.82 Å². The van der Waals surface area contributed by atoms with E-state index in [0.717, 1.165) is 6.07 Å². The minimum Gasteiger partial charge on any atom is -0.391 e. The Morgan fingerprint density at radius 1 is 1.19 bits per heavy atom. The lowest BCUT2D eigenvalue weighted by molar-refractivity contribution is -0.139. The Kier molecular flexibility index (Phi) is 6.51. The van der Waals surface area contributed by atoms with Crippen molar-refractivity contribution in [3.8, 4) is 0 Å². The molecule has 0 saturated heterocycles. The highest BCUT2D eigenvalue weighted by Crippen LogP contribution is 2.40. The lowest BCUT2D eigenvalue weighted by atomic mass is 9.81. The molecule has 0 fully saturated rings. The summed E-state index contributed by atoms with van der Waals surface area (Å²) >= 11 is 5.52. The van der Waals surface area contributed by atoms with Gasteiger partial charge in [-0.05, 0) is 17.5 Å². The molecule has 0 spiro atoms. The maximum Gasteiger partial charge on any atom is 0.416 e. The largest absolute Gasteiger partial charge is 0.416 e. The molecule has 1 rings (SSSR count). The first kappa shape index (κ1) is 20.4. The fourth-order valence-corrected chi connectivity index (χ4v) is 2.00. The minimum atomic E-state index is -4.78. The van der Waals surface area contributed by atoms with Crippen molar-refractivity contribution in [1.29, 1.82) is 0 Å². The van der Waals surface area contributed by atoms with E-state index in [1.165, 1.54) is 0 Å². The third kappa shape index (κ3) is 4.45. The van der Waals surface area contributed by atoms with Gasteiger partial charge in [0.25, 0.3) is 0 Å². The monoisotopic (exact) mass is 349 g/mol. The Labute approximate surface area is 131 Å². The highest BCUT2D eigenvalue weighted by Gasteiger charge is 2.40. The highest BCUT2D eigenvalue weighted by molar-refractivity contribution is 6.30. The van der Waals surface area contributed by atoms with E-state index in [2.05, 4.69) is 0 Å². The molecule has 0 unspecified atom stereocenters. The van der Waals surface area contributed by atoms with Gasteiger partial charge >= 0.3 is 6.18 Å². The Morgan fingerprint density at radius 2 is 1.67 bits per heavy atom. The molecule has 1 aromatic rings. The highest BCUT2D eigenvalue weighted by atomic mass is 35.5. The molecule has 0 aromatic heterocycles. The molecular formula is C13H17Cl2F4NO. The number of hydrogen-bond donors (Lipinski definition) is 2. The van der Waals surface area contributed by atoms with Crippen LogP contribution in [0.4, 0.5) is 17.6 Å². The van der Waals surface area contributed by atoms with Crippen LogP contribution < -0.4 is 5.73 Å². The van der Waals surface area contributed by atoms with E-state index in [0.29, 0.717) is 6.07 Å². The van der Waals surface area contributed by atoms with E-state index < -0.39 is 45.7 Å². The van der Waals surface area contributed by atoms with Crippen molar-refractivity contribution in [2.45, 2.75) is 39.1 Å². The Hall–Kier alpha value is -0.560.